The Morgan fingerprint density at radius 2 is 2.00 bits per heavy atom. The van der Waals surface area contributed by atoms with Crippen LogP contribution in [0.2, 0.25) is 0 Å². The number of nitrogens with zero attached hydrogens (tertiary/aromatic N) is 1. The van der Waals surface area contributed by atoms with Crippen molar-refractivity contribution in [2.75, 3.05) is 32.8 Å². The summed E-state index contributed by atoms with van der Waals surface area (Å²) in [6.45, 7) is 9.29. The average Bonchev–Trinajstić information content (AvgIpc) is 2.79. The molecule has 2 aliphatic rings. The lowest BCUT2D eigenvalue weighted by Crippen LogP contribution is -2.36. The van der Waals surface area contributed by atoms with Crippen molar-refractivity contribution in [3.8, 4) is 0 Å². The molecule has 0 aliphatic carbocycles. The summed E-state index contributed by atoms with van der Waals surface area (Å²) >= 11 is 0. The van der Waals surface area contributed by atoms with E-state index in [4.69, 9.17) is 4.74 Å². The van der Waals surface area contributed by atoms with Crippen molar-refractivity contribution < 1.29 is 9.53 Å². The van der Waals surface area contributed by atoms with Gasteiger partial charge >= 0.3 is 0 Å². The van der Waals surface area contributed by atoms with Crippen LogP contribution < -0.4 is 5.32 Å². The zero-order valence-electron chi connectivity index (χ0n) is 14.5. The maximum atomic E-state index is 12.6. The Hall–Kier alpha value is -0.610. The van der Waals surface area contributed by atoms with E-state index in [1.807, 2.05) is 0 Å². The summed E-state index contributed by atoms with van der Waals surface area (Å²) in [5, 5.41) is 3.41. The molecule has 0 aromatic carbocycles. The van der Waals surface area contributed by atoms with E-state index < -0.39 is 0 Å². The molecular weight excluding hydrogens is 276 g/mol. The number of carbonyl (C=O) groups excluding carboxylic acids is 1. The molecule has 2 unspecified atom stereocenters. The molecule has 0 spiro atoms. The number of carbonyl (C=O) groups is 1. The van der Waals surface area contributed by atoms with Gasteiger partial charge in [-0.2, -0.15) is 0 Å². The van der Waals surface area contributed by atoms with Gasteiger partial charge in [-0.15, -0.1) is 0 Å². The number of piperidine rings is 1. The quantitative estimate of drug-likeness (QED) is 0.820. The summed E-state index contributed by atoms with van der Waals surface area (Å²) in [4.78, 5) is 14.7. The molecule has 0 aromatic heterocycles. The molecule has 4 nitrogen and oxygen atoms in total. The molecule has 2 fully saturated rings. The topological polar surface area (TPSA) is 41.6 Å². The lowest BCUT2D eigenvalue weighted by Gasteiger charge is -2.30. The Morgan fingerprint density at radius 1 is 1.23 bits per heavy atom. The summed E-state index contributed by atoms with van der Waals surface area (Å²) in [6.07, 6.45) is 7.81. The van der Waals surface area contributed by atoms with E-state index in [0.717, 1.165) is 70.8 Å². The van der Waals surface area contributed by atoms with Crippen LogP contribution in [-0.4, -0.2) is 49.7 Å². The molecule has 2 aliphatic heterocycles. The van der Waals surface area contributed by atoms with Gasteiger partial charge in [0.1, 0.15) is 0 Å². The summed E-state index contributed by atoms with van der Waals surface area (Å²) in [7, 11) is 0. The Bertz CT molecular complexity index is 329. The Kier molecular flexibility index (Phi) is 7.67. The van der Waals surface area contributed by atoms with E-state index in [-0.39, 0.29) is 0 Å². The molecule has 2 saturated heterocycles. The monoisotopic (exact) mass is 310 g/mol. The minimum absolute atomic E-state index is 0.361. The molecule has 4 heteroatoms. The number of likely N-dealkylation sites (tertiary alicyclic amines) is 1. The Labute approximate surface area is 136 Å². The zero-order chi connectivity index (χ0) is 15.8. The highest BCUT2D eigenvalue weighted by Gasteiger charge is 2.26. The van der Waals surface area contributed by atoms with Crippen LogP contribution in [0.25, 0.3) is 0 Å². The van der Waals surface area contributed by atoms with Crippen LogP contribution in [0.15, 0.2) is 0 Å². The van der Waals surface area contributed by atoms with Crippen LogP contribution in [-0.2, 0) is 9.53 Å². The normalized spacial score (nSPS) is 25.7. The number of nitrogens with one attached hydrogen (secondary N) is 1. The Balaban J connectivity index is 1.74. The first-order valence-electron chi connectivity index (χ1n) is 9.30. The highest BCUT2D eigenvalue weighted by atomic mass is 16.5. The van der Waals surface area contributed by atoms with Crippen LogP contribution in [0.4, 0.5) is 0 Å². The third kappa shape index (κ3) is 5.54. The van der Waals surface area contributed by atoms with Gasteiger partial charge in [0.05, 0.1) is 6.10 Å². The first-order chi connectivity index (χ1) is 10.7. The maximum absolute atomic E-state index is 12.6. The largest absolute Gasteiger partial charge is 0.378 e. The van der Waals surface area contributed by atoms with E-state index in [0.29, 0.717) is 17.9 Å². The predicted octanol–water partition coefficient (Wildman–Crippen LogP) is 2.82. The molecule has 0 saturated carbocycles. The summed E-state index contributed by atoms with van der Waals surface area (Å²) in [5.74, 6) is 1.60. The van der Waals surface area contributed by atoms with Gasteiger partial charge in [-0.25, -0.2) is 0 Å². The molecule has 22 heavy (non-hydrogen) atoms. The zero-order valence-corrected chi connectivity index (χ0v) is 14.5. The molecule has 0 bridgehead atoms. The smallest absolute Gasteiger partial charge is 0.222 e. The van der Waals surface area contributed by atoms with Gasteiger partial charge in [-0.1, -0.05) is 13.8 Å². The van der Waals surface area contributed by atoms with Crippen LogP contribution in [0.3, 0.4) is 0 Å². The fraction of sp³-hybridized carbons (Fsp3) is 0.944. The van der Waals surface area contributed by atoms with Gasteiger partial charge < -0.3 is 15.0 Å². The number of hydrogen-bond acceptors (Lipinski definition) is 3. The first-order valence-corrected chi connectivity index (χ1v) is 9.30. The van der Waals surface area contributed by atoms with Gasteiger partial charge in [0.15, 0.2) is 0 Å². The first kappa shape index (κ1) is 17.7. The molecule has 2 heterocycles. The molecule has 2 rings (SSSR count). The molecule has 1 amide bonds. The van der Waals surface area contributed by atoms with Gasteiger partial charge in [0.2, 0.25) is 5.91 Å². The second-order valence-corrected chi connectivity index (χ2v) is 7.07. The van der Waals surface area contributed by atoms with Crippen molar-refractivity contribution in [3.63, 3.8) is 0 Å². The third-order valence-electron chi connectivity index (χ3n) is 5.27. The summed E-state index contributed by atoms with van der Waals surface area (Å²) in [5.41, 5.74) is 0. The van der Waals surface area contributed by atoms with Crippen molar-refractivity contribution in [2.24, 2.45) is 11.8 Å². The minimum atomic E-state index is 0.361. The van der Waals surface area contributed by atoms with Gasteiger partial charge in [0, 0.05) is 26.1 Å². The van der Waals surface area contributed by atoms with Crippen LogP contribution >= 0.6 is 0 Å². The average molecular weight is 310 g/mol. The second kappa shape index (κ2) is 9.51. The van der Waals surface area contributed by atoms with Crippen molar-refractivity contribution in [1.82, 2.24) is 10.2 Å². The van der Waals surface area contributed by atoms with Gasteiger partial charge in [-0.3, -0.25) is 4.79 Å². The predicted molar refractivity (Wildman–Crippen MR) is 89.8 cm³/mol. The van der Waals surface area contributed by atoms with E-state index in [1.165, 1.54) is 12.8 Å². The van der Waals surface area contributed by atoms with Gasteiger partial charge in [-0.05, 0) is 63.5 Å². The molecular formula is C18H34N2O2. The SMILES string of the molecule is CCCOC1CCCN(C(=O)CC(C)C2CCNCC2)CC1. The van der Waals surface area contributed by atoms with E-state index in [2.05, 4.69) is 24.1 Å². The minimum Gasteiger partial charge on any atom is -0.378 e. The van der Waals surface area contributed by atoms with Crippen LogP contribution in [0, 0.1) is 11.8 Å². The van der Waals surface area contributed by atoms with Crippen molar-refractivity contribution in [3.05, 3.63) is 0 Å². The van der Waals surface area contributed by atoms with Crippen molar-refractivity contribution in [2.45, 2.75) is 64.9 Å². The van der Waals surface area contributed by atoms with Crippen LogP contribution in [0.1, 0.15) is 58.8 Å². The number of amides is 1. The van der Waals surface area contributed by atoms with Crippen molar-refractivity contribution in [1.29, 1.82) is 0 Å². The molecule has 128 valence electrons. The second-order valence-electron chi connectivity index (χ2n) is 7.07. The van der Waals surface area contributed by atoms with Crippen LogP contribution in [0.5, 0.6) is 0 Å². The van der Waals surface area contributed by atoms with E-state index in [9.17, 15) is 4.79 Å². The fourth-order valence-corrected chi connectivity index (χ4v) is 3.75. The molecule has 2 atom stereocenters. The van der Waals surface area contributed by atoms with E-state index >= 15 is 0 Å². The number of ether oxygens (including phenoxy) is 1. The van der Waals surface area contributed by atoms with E-state index in [1.54, 1.807) is 0 Å². The maximum Gasteiger partial charge on any atom is 0.222 e. The standard InChI is InChI=1S/C18H34N2O2/c1-3-13-22-17-5-4-11-20(12-8-17)18(21)14-15(2)16-6-9-19-10-7-16/h15-17,19H,3-14H2,1-2H3. The molecule has 0 radical (unpaired) electrons. The lowest BCUT2D eigenvalue weighted by molar-refractivity contribution is -0.132. The summed E-state index contributed by atoms with van der Waals surface area (Å²) in [6, 6.07) is 0. The number of rotatable bonds is 6. The van der Waals surface area contributed by atoms with Crippen molar-refractivity contribution >= 4 is 5.91 Å². The highest BCUT2D eigenvalue weighted by Crippen LogP contribution is 2.25. The Morgan fingerprint density at radius 3 is 2.73 bits per heavy atom. The third-order valence-corrected chi connectivity index (χ3v) is 5.27. The highest BCUT2D eigenvalue weighted by molar-refractivity contribution is 5.76. The fourth-order valence-electron chi connectivity index (χ4n) is 3.75. The van der Waals surface area contributed by atoms with Gasteiger partial charge in [0.25, 0.3) is 0 Å². The summed E-state index contributed by atoms with van der Waals surface area (Å²) < 4.78 is 5.87. The molecule has 0 aromatic rings. The molecule has 1 N–H and O–H groups in total. The number of hydrogen-bond donors (Lipinski definition) is 1. The lowest BCUT2D eigenvalue weighted by atomic mass is 9.84.